The molecule has 200 valence electrons. The smallest absolute Gasteiger partial charge is 0.338 e. The summed E-state index contributed by atoms with van der Waals surface area (Å²) in [5.41, 5.74) is 12.8. The number of allylic oxidation sites excluding steroid dienone is 6. The monoisotopic (exact) mass is 502 g/mol. The molecule has 0 aromatic heterocycles. The molecule has 5 unspecified atom stereocenters. The molecule has 0 spiro atoms. The van der Waals surface area contributed by atoms with Gasteiger partial charge < -0.3 is 4.74 Å². The number of rotatable bonds is 2. The summed E-state index contributed by atoms with van der Waals surface area (Å²) in [5, 5.41) is 0. The topological polar surface area (TPSA) is 43.4 Å². The number of ether oxygens (including phenoxy) is 1. The van der Waals surface area contributed by atoms with Gasteiger partial charge in [-0.2, -0.15) is 0 Å². The Morgan fingerprint density at radius 3 is 1.35 bits per heavy atom. The van der Waals surface area contributed by atoms with E-state index in [0.29, 0.717) is 21.7 Å². The van der Waals surface area contributed by atoms with E-state index in [1.807, 2.05) is 33.4 Å². The molecule has 0 amide bonds. The predicted octanol–water partition coefficient (Wildman–Crippen LogP) is 8.13. The van der Waals surface area contributed by atoms with Gasteiger partial charge in [-0.05, 0) is 105 Å². The van der Waals surface area contributed by atoms with Crippen LogP contribution in [0, 0.1) is 51.2 Å². The Bertz CT molecular complexity index is 1160. The van der Waals surface area contributed by atoms with Gasteiger partial charge in [-0.1, -0.05) is 75.0 Å². The molecular weight excluding hydrogens is 456 g/mol. The molecule has 3 fully saturated rings. The SMILES string of the molecule is CC1=C2CC(CC1C1(C3CC4CC(=C3C)C4(C)C)CC3CC(=C1C)C3(C)C)C2(C)C.O=C1C=CC(=O)O1. The average Bonchev–Trinajstić information content (AvgIpc) is 3.21. The highest BCUT2D eigenvalue weighted by Gasteiger charge is 2.65. The van der Waals surface area contributed by atoms with E-state index in [2.05, 4.69) is 67.1 Å². The van der Waals surface area contributed by atoms with Crippen LogP contribution in [0.3, 0.4) is 0 Å². The van der Waals surface area contributed by atoms with Gasteiger partial charge >= 0.3 is 11.9 Å². The van der Waals surface area contributed by atoms with Crippen molar-refractivity contribution in [3.63, 3.8) is 0 Å². The average molecular weight is 503 g/mol. The Hall–Kier alpha value is -1.90. The molecular formula is C34H46O3. The maximum absolute atomic E-state index is 9.92. The van der Waals surface area contributed by atoms with E-state index in [4.69, 9.17) is 0 Å². The molecule has 5 atom stereocenters. The Kier molecular flexibility index (Phi) is 5.22. The van der Waals surface area contributed by atoms with Crippen molar-refractivity contribution in [1.29, 1.82) is 0 Å². The van der Waals surface area contributed by atoms with Crippen LogP contribution in [-0.2, 0) is 14.3 Å². The third kappa shape index (κ3) is 3.12. The third-order valence-corrected chi connectivity index (χ3v) is 13.3. The first-order valence-corrected chi connectivity index (χ1v) is 14.7. The van der Waals surface area contributed by atoms with Crippen LogP contribution in [0.5, 0.6) is 0 Å². The first-order valence-electron chi connectivity index (χ1n) is 14.7. The second-order valence-electron chi connectivity index (χ2n) is 15.2. The van der Waals surface area contributed by atoms with Gasteiger partial charge in [0.25, 0.3) is 0 Å². The summed E-state index contributed by atoms with van der Waals surface area (Å²) in [5.74, 6) is 3.19. The number of cyclic esters (lactones) is 2. The number of fused-ring (bicyclic) bond motifs is 8. The lowest BCUT2D eigenvalue weighted by atomic mass is 9.36. The number of esters is 2. The summed E-state index contributed by atoms with van der Waals surface area (Å²) < 4.78 is 3.97. The van der Waals surface area contributed by atoms with E-state index in [0.717, 1.165) is 41.7 Å². The normalized spacial score (nSPS) is 41.4. The molecule has 0 aromatic rings. The lowest BCUT2D eigenvalue weighted by Gasteiger charge is -2.69. The van der Waals surface area contributed by atoms with Crippen molar-refractivity contribution >= 4 is 11.9 Å². The summed E-state index contributed by atoms with van der Waals surface area (Å²) in [4.78, 5) is 19.8. The second kappa shape index (κ2) is 7.60. The van der Waals surface area contributed by atoms with Gasteiger partial charge in [0, 0.05) is 17.6 Å². The molecule has 6 bridgehead atoms. The Labute approximate surface area is 223 Å². The number of carbonyl (C=O) groups excluding carboxylic acids is 2. The predicted molar refractivity (Wildman–Crippen MR) is 147 cm³/mol. The molecule has 0 saturated heterocycles. The fraction of sp³-hybridized carbons (Fsp3) is 0.706. The molecule has 1 heterocycles. The van der Waals surface area contributed by atoms with E-state index >= 15 is 0 Å². The van der Waals surface area contributed by atoms with Crippen molar-refractivity contribution in [2.75, 3.05) is 0 Å². The standard InChI is InChI=1S/C30H44.C4H2O3/c1-16-22-10-19(27(22,4)5)12-24(16)30(15-21-14-26(18(30)3)29(21,8)9)25-13-20-11-23(17(25)2)28(20,6)7;5-3-1-2-4(6)7-3/h19-21,24-25H,10-15H2,1-9H3;1-2H. The molecule has 37 heavy (non-hydrogen) atoms. The van der Waals surface area contributed by atoms with Gasteiger partial charge in [0.2, 0.25) is 0 Å². The number of hydrogen-bond acceptors (Lipinski definition) is 3. The van der Waals surface area contributed by atoms with Crippen molar-refractivity contribution in [1.82, 2.24) is 0 Å². The number of carbonyl (C=O) groups is 2. The summed E-state index contributed by atoms with van der Waals surface area (Å²) in [6.07, 6.45) is 10.7. The minimum absolute atomic E-state index is 0.419. The molecule has 0 aromatic carbocycles. The van der Waals surface area contributed by atoms with Crippen LogP contribution in [0.15, 0.2) is 45.6 Å². The van der Waals surface area contributed by atoms with Crippen molar-refractivity contribution in [3.05, 3.63) is 45.6 Å². The molecule has 10 rings (SSSR count). The minimum Gasteiger partial charge on any atom is -0.387 e. The van der Waals surface area contributed by atoms with Gasteiger partial charge in [-0.15, -0.1) is 0 Å². The molecule has 3 nitrogen and oxygen atoms in total. The molecule has 3 heteroatoms. The van der Waals surface area contributed by atoms with E-state index in [1.54, 1.807) is 0 Å². The quantitative estimate of drug-likeness (QED) is 0.217. The molecule has 1 aliphatic heterocycles. The summed E-state index contributed by atoms with van der Waals surface area (Å²) in [6.45, 7) is 22.9. The van der Waals surface area contributed by atoms with Crippen molar-refractivity contribution in [2.24, 2.45) is 51.2 Å². The van der Waals surface area contributed by atoms with Gasteiger partial charge in [-0.3, -0.25) is 0 Å². The zero-order valence-electron chi connectivity index (χ0n) is 24.5. The van der Waals surface area contributed by atoms with Crippen LogP contribution in [0.2, 0.25) is 0 Å². The van der Waals surface area contributed by atoms with Crippen LogP contribution in [-0.4, -0.2) is 11.9 Å². The highest BCUT2D eigenvalue weighted by atomic mass is 16.6. The molecule has 0 N–H and O–H groups in total. The minimum atomic E-state index is -0.579. The fourth-order valence-corrected chi connectivity index (χ4v) is 10.4. The van der Waals surface area contributed by atoms with Gasteiger partial charge in [0.05, 0.1) is 0 Å². The Balaban J connectivity index is 0.000000314. The van der Waals surface area contributed by atoms with Crippen LogP contribution in [0.4, 0.5) is 0 Å². The first kappa shape index (κ1) is 25.4. The highest BCUT2D eigenvalue weighted by molar-refractivity contribution is 6.04. The van der Waals surface area contributed by atoms with E-state index in [9.17, 15) is 9.59 Å². The van der Waals surface area contributed by atoms with Gasteiger partial charge in [-0.25, -0.2) is 9.59 Å². The van der Waals surface area contributed by atoms with Crippen molar-refractivity contribution in [3.8, 4) is 0 Å². The summed E-state index contributed by atoms with van der Waals surface area (Å²) in [7, 11) is 0. The first-order chi connectivity index (χ1) is 17.1. The van der Waals surface area contributed by atoms with Crippen LogP contribution >= 0.6 is 0 Å². The van der Waals surface area contributed by atoms with Gasteiger partial charge in [0.15, 0.2) is 0 Å². The lowest BCUT2D eigenvalue weighted by molar-refractivity contribution is -0.150. The second-order valence-corrected chi connectivity index (χ2v) is 15.2. The largest absolute Gasteiger partial charge is 0.387 e. The van der Waals surface area contributed by atoms with E-state index < -0.39 is 11.9 Å². The van der Waals surface area contributed by atoms with Gasteiger partial charge in [0.1, 0.15) is 0 Å². The maximum Gasteiger partial charge on any atom is 0.338 e. The van der Waals surface area contributed by atoms with Crippen molar-refractivity contribution in [2.45, 2.75) is 101 Å². The Morgan fingerprint density at radius 1 is 0.649 bits per heavy atom. The van der Waals surface area contributed by atoms with Crippen LogP contribution in [0.1, 0.15) is 101 Å². The fourth-order valence-electron chi connectivity index (χ4n) is 10.4. The molecule has 10 aliphatic rings. The van der Waals surface area contributed by atoms with E-state index in [1.165, 1.54) is 38.5 Å². The highest BCUT2D eigenvalue weighted by Crippen LogP contribution is 2.75. The van der Waals surface area contributed by atoms with E-state index in [-0.39, 0.29) is 0 Å². The lowest BCUT2D eigenvalue weighted by Crippen LogP contribution is -2.59. The third-order valence-electron chi connectivity index (χ3n) is 13.3. The zero-order chi connectivity index (χ0) is 26.9. The summed E-state index contributed by atoms with van der Waals surface area (Å²) in [6, 6.07) is 0. The van der Waals surface area contributed by atoms with Crippen molar-refractivity contribution < 1.29 is 14.3 Å². The molecule has 3 saturated carbocycles. The van der Waals surface area contributed by atoms with Crippen LogP contribution < -0.4 is 0 Å². The molecule has 0 radical (unpaired) electrons. The molecule has 9 aliphatic carbocycles. The Morgan fingerprint density at radius 2 is 1.05 bits per heavy atom. The summed E-state index contributed by atoms with van der Waals surface area (Å²) >= 11 is 0. The van der Waals surface area contributed by atoms with Crippen LogP contribution in [0.25, 0.3) is 0 Å². The number of hydrogen-bond donors (Lipinski definition) is 0. The zero-order valence-corrected chi connectivity index (χ0v) is 24.5. The maximum atomic E-state index is 9.92.